The smallest absolute Gasteiger partial charge is 0.220 e. The van der Waals surface area contributed by atoms with Gasteiger partial charge in [-0.05, 0) is 116 Å². The zero-order valence-electron chi connectivity index (χ0n) is 24.0. The van der Waals surface area contributed by atoms with Crippen LogP contribution in [-0.2, 0) is 14.9 Å². The van der Waals surface area contributed by atoms with Crippen LogP contribution < -0.4 is 5.32 Å². The predicted molar refractivity (Wildman–Crippen MR) is 152 cm³/mol. The maximum atomic E-state index is 12.9. The van der Waals surface area contributed by atoms with Crippen molar-refractivity contribution in [3.05, 3.63) is 35.9 Å². The molecule has 4 aliphatic carbocycles. The van der Waals surface area contributed by atoms with Crippen LogP contribution in [0.25, 0.3) is 0 Å². The first-order valence-electron chi connectivity index (χ1n) is 15.4. The van der Waals surface area contributed by atoms with Crippen molar-refractivity contribution in [1.29, 1.82) is 0 Å². The van der Waals surface area contributed by atoms with E-state index in [4.69, 9.17) is 0 Å². The van der Waals surface area contributed by atoms with Gasteiger partial charge in [0, 0.05) is 6.42 Å². The van der Waals surface area contributed by atoms with Crippen LogP contribution in [0.5, 0.6) is 0 Å². The highest BCUT2D eigenvalue weighted by Gasteiger charge is 2.60. The number of hydrogen-bond donors (Lipinski definition) is 2. The third-order valence-corrected chi connectivity index (χ3v) is 12.9. The van der Waals surface area contributed by atoms with Crippen molar-refractivity contribution in [2.75, 3.05) is 5.75 Å². The van der Waals surface area contributed by atoms with Gasteiger partial charge in [-0.25, -0.2) is 8.42 Å². The van der Waals surface area contributed by atoms with Crippen LogP contribution in [0.4, 0.5) is 0 Å². The molecule has 2 N–H and O–H groups in total. The van der Waals surface area contributed by atoms with E-state index < -0.39 is 21.9 Å². The van der Waals surface area contributed by atoms with Gasteiger partial charge in [0.15, 0.2) is 0 Å². The van der Waals surface area contributed by atoms with E-state index in [2.05, 4.69) is 26.1 Å². The topological polar surface area (TPSA) is 107 Å². The lowest BCUT2D eigenvalue weighted by Gasteiger charge is -2.61. The Morgan fingerprint density at radius 1 is 1.03 bits per heavy atom. The fourth-order valence-corrected chi connectivity index (χ4v) is 10.8. The quantitative estimate of drug-likeness (QED) is 0.391. The van der Waals surface area contributed by atoms with Crippen molar-refractivity contribution in [1.82, 2.24) is 5.32 Å². The van der Waals surface area contributed by atoms with Crippen LogP contribution in [0.3, 0.4) is 0 Å². The maximum absolute atomic E-state index is 12.9. The molecule has 1 aromatic carbocycles. The third kappa shape index (κ3) is 5.83. The average Bonchev–Trinajstić information content (AvgIpc) is 3.24. The zero-order valence-corrected chi connectivity index (χ0v) is 24.8. The summed E-state index contributed by atoms with van der Waals surface area (Å²) in [7, 11) is -4.48. The van der Waals surface area contributed by atoms with Crippen LogP contribution >= 0.6 is 0 Å². The second kappa shape index (κ2) is 11.1. The molecule has 7 heteroatoms. The summed E-state index contributed by atoms with van der Waals surface area (Å²) >= 11 is 0. The van der Waals surface area contributed by atoms with Gasteiger partial charge in [-0.15, -0.1) is 0 Å². The van der Waals surface area contributed by atoms with Gasteiger partial charge in [-0.3, -0.25) is 4.79 Å². The molecular weight excluding hydrogens is 510 g/mol. The van der Waals surface area contributed by atoms with Gasteiger partial charge in [0.1, 0.15) is 0 Å². The molecule has 0 unspecified atom stereocenters. The van der Waals surface area contributed by atoms with Crippen molar-refractivity contribution < 1.29 is 22.9 Å². The minimum Gasteiger partial charge on any atom is -0.748 e. The Bertz CT molecular complexity index is 1120. The molecule has 4 aliphatic rings. The fourth-order valence-electron chi connectivity index (χ4n) is 10.1. The molecule has 1 aromatic rings. The molecule has 0 heterocycles. The zero-order chi connectivity index (χ0) is 28.0. The number of fused-ring (bicyclic) bond motifs is 5. The Labute approximate surface area is 235 Å². The van der Waals surface area contributed by atoms with Crippen LogP contribution in [0, 0.1) is 46.3 Å². The van der Waals surface area contributed by atoms with E-state index in [1.54, 1.807) is 24.3 Å². The molecule has 4 fully saturated rings. The van der Waals surface area contributed by atoms with Crippen molar-refractivity contribution in [3.8, 4) is 0 Å². The van der Waals surface area contributed by atoms with Gasteiger partial charge in [0.2, 0.25) is 5.91 Å². The Morgan fingerprint density at radius 3 is 2.44 bits per heavy atom. The number of hydrogen-bond acceptors (Lipinski definition) is 5. The summed E-state index contributed by atoms with van der Waals surface area (Å²) in [4.78, 5) is 12.9. The summed E-state index contributed by atoms with van der Waals surface area (Å²) in [5, 5.41) is 13.2. The van der Waals surface area contributed by atoms with Gasteiger partial charge >= 0.3 is 0 Å². The van der Waals surface area contributed by atoms with Crippen molar-refractivity contribution in [3.63, 3.8) is 0 Å². The van der Waals surface area contributed by atoms with Crippen molar-refractivity contribution >= 4 is 16.0 Å². The predicted octanol–water partition coefficient (Wildman–Crippen LogP) is 5.83. The summed E-state index contributed by atoms with van der Waals surface area (Å²) in [5.74, 6) is 3.20. The largest absolute Gasteiger partial charge is 0.748 e. The summed E-state index contributed by atoms with van der Waals surface area (Å²) in [5.41, 5.74) is 1.34. The van der Waals surface area contributed by atoms with Gasteiger partial charge in [0.25, 0.3) is 0 Å². The highest BCUT2D eigenvalue weighted by Crippen LogP contribution is 2.68. The van der Waals surface area contributed by atoms with Gasteiger partial charge in [-0.2, -0.15) is 0 Å². The molecule has 0 aromatic heterocycles. The highest BCUT2D eigenvalue weighted by atomic mass is 32.2. The highest BCUT2D eigenvalue weighted by molar-refractivity contribution is 7.85. The summed E-state index contributed by atoms with van der Waals surface area (Å²) in [6, 6.07) is 8.06. The molecule has 4 saturated carbocycles. The summed E-state index contributed by atoms with van der Waals surface area (Å²) in [6.07, 6.45) is 11.8. The number of amides is 1. The summed E-state index contributed by atoms with van der Waals surface area (Å²) in [6.45, 7) is 7.37. The molecule has 0 bridgehead atoms. The minimum absolute atomic E-state index is 0.102. The number of aliphatic hydroxyl groups is 1. The normalized spacial score (nSPS) is 39.6. The van der Waals surface area contributed by atoms with E-state index >= 15 is 0 Å². The lowest BCUT2D eigenvalue weighted by molar-refractivity contribution is -0.130. The van der Waals surface area contributed by atoms with Crippen LogP contribution in [0.15, 0.2) is 30.3 Å². The van der Waals surface area contributed by atoms with Crippen molar-refractivity contribution in [2.24, 2.45) is 46.3 Å². The monoisotopic (exact) mass is 558 g/mol. The Balaban J connectivity index is 1.20. The molecule has 0 saturated heterocycles. The molecule has 10 atom stereocenters. The molecule has 0 spiro atoms. The number of carbonyl (C=O) groups excluding carboxylic acids is 1. The molecule has 5 rings (SSSR count). The Hall–Kier alpha value is -1.44. The van der Waals surface area contributed by atoms with E-state index in [9.17, 15) is 22.9 Å². The Kier molecular flexibility index (Phi) is 8.27. The van der Waals surface area contributed by atoms with Crippen LogP contribution in [0.1, 0.15) is 103 Å². The number of benzene rings is 1. The number of carbonyl (C=O) groups is 1. The van der Waals surface area contributed by atoms with E-state index in [1.807, 2.05) is 6.07 Å². The second-order valence-electron chi connectivity index (χ2n) is 14.1. The first-order valence-corrected chi connectivity index (χ1v) is 16.9. The lowest BCUT2D eigenvalue weighted by atomic mass is 9.44. The maximum Gasteiger partial charge on any atom is 0.220 e. The molecule has 0 aliphatic heterocycles. The van der Waals surface area contributed by atoms with E-state index in [0.29, 0.717) is 40.6 Å². The second-order valence-corrected chi connectivity index (χ2v) is 15.5. The van der Waals surface area contributed by atoms with E-state index in [0.717, 1.165) is 37.0 Å². The van der Waals surface area contributed by atoms with Gasteiger partial charge < -0.3 is 15.0 Å². The minimum atomic E-state index is -4.48. The fraction of sp³-hybridized carbons (Fsp3) is 0.781. The average molecular weight is 559 g/mol. The van der Waals surface area contributed by atoms with Gasteiger partial charge in [-0.1, -0.05) is 51.1 Å². The molecule has 6 nitrogen and oxygen atoms in total. The first-order chi connectivity index (χ1) is 18.4. The van der Waals surface area contributed by atoms with E-state index in [-0.39, 0.29) is 12.0 Å². The van der Waals surface area contributed by atoms with E-state index in [1.165, 1.54) is 44.9 Å². The van der Waals surface area contributed by atoms with Crippen LogP contribution in [0.2, 0.25) is 0 Å². The molecule has 0 radical (unpaired) electrons. The van der Waals surface area contributed by atoms with Gasteiger partial charge in [0.05, 0.1) is 28.0 Å². The standard InChI is InChI=1S/C32H49NO5S/c1-21(9-14-30(35)33-29(20-39(36,37)38)22-7-5-4-6-8-22)26-12-13-27-25-11-10-23-19-24(34)15-17-31(23,2)28(25)16-18-32(26,27)3/h4-8,21,23-29,34H,9-20H2,1-3H3,(H,33,35)(H,36,37,38)/p-1/t21-,23-,24-,25+,26-,27+,28+,29+,31+,32-/m1/s1. The Morgan fingerprint density at radius 2 is 1.72 bits per heavy atom. The number of nitrogens with one attached hydrogen (secondary N) is 1. The van der Waals surface area contributed by atoms with Crippen molar-refractivity contribution in [2.45, 2.75) is 104 Å². The third-order valence-electron chi connectivity index (χ3n) is 12.1. The molecule has 1 amide bonds. The SMILES string of the molecule is C[C@H](CCC(=O)N[C@@H](CS(=O)(=O)[O-])c1ccccc1)[C@H]1CC[C@H]2[C@@H]3CC[C@@H]4C[C@H](O)CC[C@]4(C)[C@H]3CC[C@]12C. The number of rotatable bonds is 8. The lowest BCUT2D eigenvalue weighted by Crippen LogP contribution is -2.54. The first kappa shape index (κ1) is 29.1. The molecule has 218 valence electrons. The summed E-state index contributed by atoms with van der Waals surface area (Å²) < 4.78 is 34.5. The number of aliphatic hydroxyl groups excluding tert-OH is 1. The molecule has 39 heavy (non-hydrogen) atoms. The van der Waals surface area contributed by atoms with Crippen LogP contribution in [-0.4, -0.2) is 35.8 Å². The molecular formula is C32H48NO5S-.